The van der Waals surface area contributed by atoms with E-state index in [0.717, 1.165) is 15.7 Å². The normalized spacial score (nSPS) is 17.7. The number of halogens is 1. The number of likely N-dealkylation sites (tertiary alicyclic amines) is 1. The minimum atomic E-state index is 0.0254. The first-order chi connectivity index (χ1) is 8.66. The maximum atomic E-state index is 11.9. The molecule has 0 saturated carbocycles. The molecule has 0 spiro atoms. The van der Waals surface area contributed by atoms with E-state index in [1.807, 2.05) is 24.3 Å². The molecule has 1 N–H and O–H groups in total. The van der Waals surface area contributed by atoms with Gasteiger partial charge in [-0.2, -0.15) is 0 Å². The van der Waals surface area contributed by atoms with Crippen molar-refractivity contribution in [1.29, 1.82) is 0 Å². The van der Waals surface area contributed by atoms with Gasteiger partial charge in [-0.25, -0.2) is 0 Å². The van der Waals surface area contributed by atoms with Gasteiger partial charge in [0.2, 0.25) is 0 Å². The van der Waals surface area contributed by atoms with Gasteiger partial charge in [-0.05, 0) is 79.7 Å². The number of nitrogens with zero attached hydrogens (tertiary/aromatic N) is 1. The van der Waals surface area contributed by atoms with Gasteiger partial charge >= 0.3 is 0 Å². The Bertz CT molecular complexity index is 399. The predicted octanol–water partition coefficient (Wildman–Crippen LogP) is 2.51. The first-order valence-corrected chi connectivity index (χ1v) is 7.52. The van der Waals surface area contributed by atoms with Crippen molar-refractivity contribution in [1.82, 2.24) is 10.2 Å². The number of nitrogens with one attached hydrogen (secondary N) is 1. The summed E-state index contributed by atoms with van der Waals surface area (Å²) < 4.78 is 1.15. The molecule has 1 aliphatic rings. The second kappa shape index (κ2) is 6.52. The molecule has 1 atom stereocenters. The molecule has 1 heterocycles. The Morgan fingerprint density at radius 2 is 1.94 bits per heavy atom. The summed E-state index contributed by atoms with van der Waals surface area (Å²) in [6.45, 7) is 5.24. The summed E-state index contributed by atoms with van der Waals surface area (Å²) in [6, 6.07) is 8.09. The van der Waals surface area contributed by atoms with Gasteiger partial charge in [-0.15, -0.1) is 0 Å². The van der Waals surface area contributed by atoms with Gasteiger partial charge in [0.25, 0.3) is 5.91 Å². The van der Waals surface area contributed by atoms with Gasteiger partial charge in [-0.1, -0.05) is 0 Å². The zero-order valence-electron chi connectivity index (χ0n) is 10.7. The molecule has 4 heteroatoms. The Kier molecular flexibility index (Phi) is 5.00. The fourth-order valence-corrected chi connectivity index (χ4v) is 2.61. The number of benzene rings is 1. The van der Waals surface area contributed by atoms with Crippen molar-refractivity contribution in [2.75, 3.05) is 19.6 Å². The van der Waals surface area contributed by atoms with Crippen LogP contribution in [0.4, 0.5) is 0 Å². The molecule has 1 aromatic carbocycles. The van der Waals surface area contributed by atoms with Crippen molar-refractivity contribution in [3.05, 3.63) is 33.4 Å². The lowest BCUT2D eigenvalue weighted by Gasteiger charge is -2.23. The molecule has 3 nitrogen and oxygen atoms in total. The van der Waals surface area contributed by atoms with Crippen LogP contribution < -0.4 is 5.32 Å². The summed E-state index contributed by atoms with van der Waals surface area (Å²) in [5.74, 6) is 0.0254. The summed E-state index contributed by atoms with van der Waals surface area (Å²) in [6.07, 6.45) is 2.57. The Balaban J connectivity index is 1.82. The van der Waals surface area contributed by atoms with Gasteiger partial charge < -0.3 is 5.32 Å². The molecule has 1 fully saturated rings. The monoisotopic (exact) mass is 358 g/mol. The molecule has 0 radical (unpaired) electrons. The van der Waals surface area contributed by atoms with Crippen LogP contribution in [-0.4, -0.2) is 36.5 Å². The summed E-state index contributed by atoms with van der Waals surface area (Å²) >= 11 is 2.24. The zero-order chi connectivity index (χ0) is 13.0. The van der Waals surface area contributed by atoms with Gasteiger partial charge in [0.1, 0.15) is 0 Å². The number of amides is 1. The van der Waals surface area contributed by atoms with Crippen molar-refractivity contribution in [3.63, 3.8) is 0 Å². The van der Waals surface area contributed by atoms with Crippen molar-refractivity contribution in [2.45, 2.75) is 25.8 Å². The maximum absolute atomic E-state index is 11.9. The fourth-order valence-electron chi connectivity index (χ4n) is 2.26. The first-order valence-electron chi connectivity index (χ1n) is 6.44. The number of hydrogen-bond acceptors (Lipinski definition) is 2. The van der Waals surface area contributed by atoms with Crippen LogP contribution >= 0.6 is 22.6 Å². The molecule has 0 unspecified atom stereocenters. The van der Waals surface area contributed by atoms with Crippen LogP contribution in [-0.2, 0) is 0 Å². The summed E-state index contributed by atoms with van der Waals surface area (Å²) in [4.78, 5) is 14.4. The van der Waals surface area contributed by atoms with Crippen LogP contribution in [0.25, 0.3) is 0 Å². The number of carbonyl (C=O) groups is 1. The van der Waals surface area contributed by atoms with E-state index in [1.165, 1.54) is 25.9 Å². The quantitative estimate of drug-likeness (QED) is 0.839. The predicted molar refractivity (Wildman–Crippen MR) is 81.8 cm³/mol. The van der Waals surface area contributed by atoms with Crippen molar-refractivity contribution in [3.8, 4) is 0 Å². The van der Waals surface area contributed by atoms with Crippen LogP contribution in [0.2, 0.25) is 0 Å². The second-order valence-corrected chi connectivity index (χ2v) is 6.05. The Labute approximate surface area is 122 Å². The van der Waals surface area contributed by atoms with Crippen LogP contribution in [0, 0.1) is 3.57 Å². The second-order valence-electron chi connectivity index (χ2n) is 4.81. The van der Waals surface area contributed by atoms with Gasteiger partial charge in [-0.3, -0.25) is 9.69 Å². The molecule has 0 bridgehead atoms. The highest BCUT2D eigenvalue weighted by atomic mass is 127. The molecule has 1 aliphatic heterocycles. The molecular weight excluding hydrogens is 339 g/mol. The third kappa shape index (κ3) is 3.68. The van der Waals surface area contributed by atoms with Crippen LogP contribution in [0.1, 0.15) is 30.1 Å². The zero-order valence-corrected chi connectivity index (χ0v) is 12.8. The van der Waals surface area contributed by atoms with E-state index < -0.39 is 0 Å². The van der Waals surface area contributed by atoms with Crippen LogP contribution in [0.5, 0.6) is 0 Å². The van der Waals surface area contributed by atoms with E-state index in [-0.39, 0.29) is 5.91 Å². The molecule has 1 aromatic rings. The van der Waals surface area contributed by atoms with E-state index >= 15 is 0 Å². The lowest BCUT2D eigenvalue weighted by atomic mass is 10.2. The Morgan fingerprint density at radius 1 is 1.33 bits per heavy atom. The minimum absolute atomic E-state index is 0.0254. The van der Waals surface area contributed by atoms with E-state index in [4.69, 9.17) is 0 Å². The third-order valence-corrected chi connectivity index (χ3v) is 4.15. The topological polar surface area (TPSA) is 32.3 Å². The minimum Gasteiger partial charge on any atom is -0.350 e. The highest BCUT2D eigenvalue weighted by Gasteiger charge is 2.18. The van der Waals surface area contributed by atoms with Crippen molar-refractivity contribution in [2.24, 2.45) is 0 Å². The third-order valence-electron chi connectivity index (χ3n) is 3.43. The lowest BCUT2D eigenvalue weighted by molar-refractivity contribution is 0.0940. The molecule has 0 aromatic heterocycles. The molecule has 1 amide bonds. The standard InChI is InChI=1S/C14H19IN2O/c1-11(17-8-2-3-9-17)10-16-14(18)12-4-6-13(15)7-5-12/h4-7,11H,2-3,8-10H2,1H3,(H,16,18)/t11-/m0/s1. The number of hydrogen-bond donors (Lipinski definition) is 1. The van der Waals surface area contributed by atoms with Crippen LogP contribution in [0.3, 0.4) is 0 Å². The summed E-state index contributed by atoms with van der Waals surface area (Å²) in [5, 5.41) is 3.01. The average molecular weight is 358 g/mol. The maximum Gasteiger partial charge on any atom is 0.251 e. The molecule has 18 heavy (non-hydrogen) atoms. The van der Waals surface area contributed by atoms with Crippen molar-refractivity contribution >= 4 is 28.5 Å². The molecule has 2 rings (SSSR count). The summed E-state index contributed by atoms with van der Waals surface area (Å²) in [5.41, 5.74) is 0.740. The van der Waals surface area contributed by atoms with Crippen molar-refractivity contribution < 1.29 is 4.79 Å². The van der Waals surface area contributed by atoms with E-state index in [0.29, 0.717) is 6.04 Å². The average Bonchev–Trinajstić information content (AvgIpc) is 2.90. The first kappa shape index (κ1) is 13.8. The molecular formula is C14H19IN2O. The highest BCUT2D eigenvalue weighted by molar-refractivity contribution is 14.1. The van der Waals surface area contributed by atoms with E-state index in [1.54, 1.807) is 0 Å². The fraction of sp³-hybridized carbons (Fsp3) is 0.500. The number of rotatable bonds is 4. The van der Waals surface area contributed by atoms with Gasteiger partial charge in [0.05, 0.1) is 0 Å². The van der Waals surface area contributed by atoms with E-state index in [2.05, 4.69) is 39.7 Å². The largest absolute Gasteiger partial charge is 0.350 e. The smallest absolute Gasteiger partial charge is 0.251 e. The highest BCUT2D eigenvalue weighted by Crippen LogP contribution is 2.11. The lowest BCUT2D eigenvalue weighted by Crippen LogP contribution is -2.40. The summed E-state index contributed by atoms with van der Waals surface area (Å²) in [7, 11) is 0. The molecule has 98 valence electrons. The van der Waals surface area contributed by atoms with Gasteiger partial charge in [0, 0.05) is 21.7 Å². The SMILES string of the molecule is C[C@@H](CNC(=O)c1ccc(I)cc1)N1CCCC1. The Morgan fingerprint density at radius 3 is 2.56 bits per heavy atom. The molecule has 0 aliphatic carbocycles. The number of carbonyl (C=O) groups excluding carboxylic acids is 1. The Hall–Kier alpha value is -0.620. The van der Waals surface area contributed by atoms with Gasteiger partial charge in [0.15, 0.2) is 0 Å². The van der Waals surface area contributed by atoms with Crippen LogP contribution in [0.15, 0.2) is 24.3 Å². The van der Waals surface area contributed by atoms with E-state index in [9.17, 15) is 4.79 Å². The molecule has 1 saturated heterocycles.